The Bertz CT molecular complexity index is 896. The van der Waals surface area contributed by atoms with Crippen LogP contribution in [0.2, 0.25) is 5.02 Å². The number of benzene rings is 2. The number of nitrogens with zero attached hydrogens (tertiary/aromatic N) is 2. The molecule has 1 amide bonds. The molecule has 132 valence electrons. The van der Waals surface area contributed by atoms with Gasteiger partial charge in [0.05, 0.1) is 15.5 Å². The summed E-state index contributed by atoms with van der Waals surface area (Å²) in [6.45, 7) is 0.793. The van der Waals surface area contributed by atoms with Crippen LogP contribution in [0.25, 0.3) is 0 Å². The molecule has 0 bridgehead atoms. The third kappa shape index (κ3) is 3.68. The third-order valence-electron chi connectivity index (χ3n) is 4.06. The van der Waals surface area contributed by atoms with Crippen LogP contribution in [0.3, 0.4) is 0 Å². The molecule has 5 nitrogen and oxygen atoms in total. The van der Waals surface area contributed by atoms with Crippen molar-refractivity contribution in [1.82, 2.24) is 9.21 Å². The van der Waals surface area contributed by atoms with Crippen molar-refractivity contribution in [2.45, 2.75) is 4.90 Å². The van der Waals surface area contributed by atoms with Gasteiger partial charge in [0.2, 0.25) is 10.0 Å². The van der Waals surface area contributed by atoms with E-state index >= 15 is 0 Å². The van der Waals surface area contributed by atoms with Crippen LogP contribution < -0.4 is 0 Å². The van der Waals surface area contributed by atoms with Gasteiger partial charge < -0.3 is 4.90 Å². The zero-order chi connectivity index (χ0) is 18.0. The van der Waals surface area contributed by atoms with Gasteiger partial charge in [0, 0.05) is 26.2 Å². The minimum absolute atomic E-state index is 0.0848. The zero-order valence-electron chi connectivity index (χ0n) is 13.2. The summed E-state index contributed by atoms with van der Waals surface area (Å²) in [5, 5.41) is 0.363. The molecule has 0 radical (unpaired) electrons. The van der Waals surface area contributed by atoms with Crippen molar-refractivity contribution in [1.29, 1.82) is 0 Å². The Morgan fingerprint density at radius 1 is 1.00 bits per heavy atom. The Balaban J connectivity index is 1.72. The molecule has 0 atom stereocenters. The topological polar surface area (TPSA) is 57.7 Å². The van der Waals surface area contributed by atoms with E-state index in [0.29, 0.717) is 10.6 Å². The largest absolute Gasteiger partial charge is 0.336 e. The average Bonchev–Trinajstić information content (AvgIpc) is 2.62. The molecule has 1 aliphatic heterocycles. The SMILES string of the molecule is O=C(c1ccccc1Cl)N1CCN(S(=O)(=O)c2cccc(F)c2)CC1. The predicted octanol–water partition coefficient (Wildman–Crippen LogP) is 2.63. The fourth-order valence-electron chi connectivity index (χ4n) is 2.71. The van der Waals surface area contributed by atoms with Crippen LogP contribution in [0.1, 0.15) is 10.4 Å². The fraction of sp³-hybridized carbons (Fsp3) is 0.235. The third-order valence-corrected chi connectivity index (χ3v) is 6.29. The second kappa shape index (κ2) is 7.11. The fourth-order valence-corrected chi connectivity index (χ4v) is 4.38. The molecular formula is C17H16ClFN2O3S. The van der Waals surface area contributed by atoms with Crippen molar-refractivity contribution in [2.75, 3.05) is 26.2 Å². The molecule has 0 N–H and O–H groups in total. The molecule has 3 rings (SSSR count). The van der Waals surface area contributed by atoms with Crippen molar-refractivity contribution in [3.63, 3.8) is 0 Å². The highest BCUT2D eigenvalue weighted by Crippen LogP contribution is 2.21. The summed E-state index contributed by atoms with van der Waals surface area (Å²) in [5.74, 6) is -0.831. The van der Waals surface area contributed by atoms with E-state index in [1.54, 1.807) is 29.2 Å². The van der Waals surface area contributed by atoms with Crippen molar-refractivity contribution in [3.05, 3.63) is 64.9 Å². The molecule has 1 saturated heterocycles. The molecule has 0 aliphatic carbocycles. The van der Waals surface area contributed by atoms with Crippen LogP contribution in [-0.4, -0.2) is 49.7 Å². The lowest BCUT2D eigenvalue weighted by molar-refractivity contribution is 0.0698. The first kappa shape index (κ1) is 17.8. The number of sulfonamides is 1. The maximum absolute atomic E-state index is 13.3. The van der Waals surface area contributed by atoms with E-state index in [1.165, 1.54) is 22.5 Å². The van der Waals surface area contributed by atoms with Crippen molar-refractivity contribution < 1.29 is 17.6 Å². The first-order valence-corrected chi connectivity index (χ1v) is 9.51. The van der Waals surface area contributed by atoms with Crippen LogP contribution in [-0.2, 0) is 10.0 Å². The first-order chi connectivity index (χ1) is 11.9. The van der Waals surface area contributed by atoms with E-state index in [-0.39, 0.29) is 37.0 Å². The van der Waals surface area contributed by atoms with Gasteiger partial charge in [-0.05, 0) is 30.3 Å². The van der Waals surface area contributed by atoms with Gasteiger partial charge in [-0.2, -0.15) is 4.31 Å². The average molecular weight is 383 g/mol. The Morgan fingerprint density at radius 2 is 1.68 bits per heavy atom. The minimum Gasteiger partial charge on any atom is -0.336 e. The van der Waals surface area contributed by atoms with Crippen LogP contribution in [0.4, 0.5) is 4.39 Å². The molecule has 1 aliphatic rings. The number of amides is 1. The van der Waals surface area contributed by atoms with E-state index in [1.807, 2.05) is 0 Å². The molecule has 0 unspecified atom stereocenters. The lowest BCUT2D eigenvalue weighted by atomic mass is 10.2. The van der Waals surface area contributed by atoms with Gasteiger partial charge in [0.1, 0.15) is 5.82 Å². The minimum atomic E-state index is -3.78. The van der Waals surface area contributed by atoms with Gasteiger partial charge in [-0.1, -0.05) is 29.8 Å². The number of rotatable bonds is 3. The van der Waals surface area contributed by atoms with E-state index in [0.717, 1.165) is 6.07 Å². The number of halogens is 2. The standard InChI is InChI=1S/C17H16ClFN2O3S/c18-16-7-2-1-6-15(16)17(22)20-8-10-21(11-9-20)25(23,24)14-5-3-4-13(19)12-14/h1-7,12H,8-11H2. The summed E-state index contributed by atoms with van der Waals surface area (Å²) in [6.07, 6.45) is 0. The number of hydrogen-bond donors (Lipinski definition) is 0. The van der Waals surface area contributed by atoms with Gasteiger partial charge >= 0.3 is 0 Å². The van der Waals surface area contributed by atoms with E-state index in [4.69, 9.17) is 11.6 Å². The summed E-state index contributed by atoms with van der Waals surface area (Å²) in [5.41, 5.74) is 0.394. The van der Waals surface area contributed by atoms with E-state index < -0.39 is 15.8 Å². The van der Waals surface area contributed by atoms with Gasteiger partial charge in [-0.25, -0.2) is 12.8 Å². The normalized spacial score (nSPS) is 16.0. The molecule has 0 spiro atoms. The van der Waals surface area contributed by atoms with E-state index in [9.17, 15) is 17.6 Å². The monoisotopic (exact) mass is 382 g/mol. The number of piperazine rings is 1. The highest BCUT2D eigenvalue weighted by atomic mass is 35.5. The van der Waals surface area contributed by atoms with Gasteiger partial charge in [0.15, 0.2) is 0 Å². The van der Waals surface area contributed by atoms with Gasteiger partial charge in [-0.15, -0.1) is 0 Å². The lowest BCUT2D eigenvalue weighted by Gasteiger charge is -2.34. The van der Waals surface area contributed by atoms with Crippen molar-refractivity contribution in [3.8, 4) is 0 Å². The molecule has 1 heterocycles. The summed E-state index contributed by atoms with van der Waals surface area (Å²) in [4.78, 5) is 14.0. The van der Waals surface area contributed by atoms with Crippen molar-refractivity contribution >= 4 is 27.5 Å². The highest BCUT2D eigenvalue weighted by molar-refractivity contribution is 7.89. The maximum Gasteiger partial charge on any atom is 0.255 e. The van der Waals surface area contributed by atoms with Crippen LogP contribution in [0.15, 0.2) is 53.4 Å². The molecular weight excluding hydrogens is 367 g/mol. The Hall–Kier alpha value is -1.96. The molecule has 0 aromatic heterocycles. The smallest absolute Gasteiger partial charge is 0.255 e. The van der Waals surface area contributed by atoms with Gasteiger partial charge in [0.25, 0.3) is 5.91 Å². The Morgan fingerprint density at radius 3 is 2.32 bits per heavy atom. The van der Waals surface area contributed by atoms with Gasteiger partial charge in [-0.3, -0.25) is 4.79 Å². The quantitative estimate of drug-likeness (QED) is 0.820. The van der Waals surface area contributed by atoms with E-state index in [2.05, 4.69) is 0 Å². The summed E-state index contributed by atoms with van der Waals surface area (Å²) < 4.78 is 39.7. The van der Waals surface area contributed by atoms with Crippen LogP contribution in [0.5, 0.6) is 0 Å². The Labute approximate surface area is 150 Å². The number of hydrogen-bond acceptors (Lipinski definition) is 3. The summed E-state index contributed by atoms with van der Waals surface area (Å²) in [6, 6.07) is 11.7. The molecule has 25 heavy (non-hydrogen) atoms. The maximum atomic E-state index is 13.3. The molecule has 1 fully saturated rings. The number of carbonyl (C=O) groups is 1. The lowest BCUT2D eigenvalue weighted by Crippen LogP contribution is -2.50. The van der Waals surface area contributed by atoms with Crippen LogP contribution >= 0.6 is 11.6 Å². The first-order valence-electron chi connectivity index (χ1n) is 7.69. The van der Waals surface area contributed by atoms with Crippen molar-refractivity contribution in [2.24, 2.45) is 0 Å². The molecule has 2 aromatic carbocycles. The number of carbonyl (C=O) groups excluding carboxylic acids is 1. The summed E-state index contributed by atoms with van der Waals surface area (Å²) >= 11 is 6.05. The van der Waals surface area contributed by atoms with Crippen LogP contribution in [0, 0.1) is 5.82 Å². The predicted molar refractivity (Wildman–Crippen MR) is 92.5 cm³/mol. The molecule has 0 saturated carbocycles. The zero-order valence-corrected chi connectivity index (χ0v) is 14.8. The second-order valence-electron chi connectivity index (χ2n) is 5.63. The molecule has 2 aromatic rings. The second-order valence-corrected chi connectivity index (χ2v) is 7.98. The summed E-state index contributed by atoms with van der Waals surface area (Å²) in [7, 11) is -3.78. The molecule has 8 heteroatoms. The Kier molecular flexibility index (Phi) is 5.08. The highest BCUT2D eigenvalue weighted by Gasteiger charge is 2.31.